The molecule has 0 spiro atoms. The topological polar surface area (TPSA) is 58.8 Å². The van der Waals surface area contributed by atoms with E-state index in [4.69, 9.17) is 10.5 Å². The minimum atomic E-state index is 0.210. The van der Waals surface area contributed by atoms with Gasteiger partial charge in [0.15, 0.2) is 0 Å². The third-order valence-corrected chi connectivity index (χ3v) is 3.30. The predicted octanol–water partition coefficient (Wildman–Crippen LogP) is 0.295. The third kappa shape index (κ3) is 5.80. The van der Waals surface area contributed by atoms with E-state index in [2.05, 4.69) is 11.8 Å². The molecule has 0 radical (unpaired) electrons. The molecule has 18 heavy (non-hydrogen) atoms. The number of rotatable bonds is 6. The number of carbonyl (C=O) groups excluding carboxylic acids is 1. The standard InChI is InChI=1S/C13H27N3O2/c1-12-11-16(8-4-10-18-12)9-5-13(17)15(2)7-3-6-14/h12H,3-11,14H2,1-2H3. The summed E-state index contributed by atoms with van der Waals surface area (Å²) in [5.41, 5.74) is 5.44. The quantitative estimate of drug-likeness (QED) is 0.743. The Labute approximate surface area is 110 Å². The molecule has 1 aliphatic rings. The molecule has 1 rings (SSSR count). The normalized spacial score (nSPS) is 21.6. The van der Waals surface area contributed by atoms with Gasteiger partial charge in [0.1, 0.15) is 0 Å². The van der Waals surface area contributed by atoms with Crippen molar-refractivity contribution in [3.63, 3.8) is 0 Å². The molecule has 2 N–H and O–H groups in total. The zero-order valence-electron chi connectivity index (χ0n) is 11.7. The lowest BCUT2D eigenvalue weighted by molar-refractivity contribution is -0.130. The minimum absolute atomic E-state index is 0.210. The van der Waals surface area contributed by atoms with Gasteiger partial charge in [-0.3, -0.25) is 4.79 Å². The zero-order valence-corrected chi connectivity index (χ0v) is 11.7. The minimum Gasteiger partial charge on any atom is -0.377 e. The van der Waals surface area contributed by atoms with Crippen LogP contribution in [-0.4, -0.2) is 68.2 Å². The summed E-state index contributed by atoms with van der Waals surface area (Å²) in [6, 6.07) is 0. The number of amides is 1. The van der Waals surface area contributed by atoms with Crippen LogP contribution in [-0.2, 0) is 9.53 Å². The lowest BCUT2D eigenvalue weighted by Gasteiger charge is -2.23. The highest BCUT2D eigenvalue weighted by Crippen LogP contribution is 2.06. The number of ether oxygens (including phenoxy) is 1. The van der Waals surface area contributed by atoms with Crippen molar-refractivity contribution in [2.75, 3.05) is 46.4 Å². The molecule has 1 fully saturated rings. The lowest BCUT2D eigenvalue weighted by Crippen LogP contribution is -2.35. The van der Waals surface area contributed by atoms with Crippen molar-refractivity contribution < 1.29 is 9.53 Å². The Balaban J connectivity index is 2.23. The van der Waals surface area contributed by atoms with Gasteiger partial charge in [0.25, 0.3) is 0 Å². The Morgan fingerprint density at radius 1 is 1.56 bits per heavy atom. The molecule has 0 aromatic carbocycles. The molecule has 1 aliphatic heterocycles. The molecular weight excluding hydrogens is 230 g/mol. The Bertz CT molecular complexity index is 248. The second-order valence-electron chi connectivity index (χ2n) is 5.04. The third-order valence-electron chi connectivity index (χ3n) is 3.30. The smallest absolute Gasteiger partial charge is 0.223 e. The van der Waals surface area contributed by atoms with E-state index < -0.39 is 0 Å². The van der Waals surface area contributed by atoms with E-state index in [0.717, 1.165) is 45.6 Å². The maximum absolute atomic E-state index is 11.9. The molecule has 1 unspecified atom stereocenters. The summed E-state index contributed by atoms with van der Waals surface area (Å²) in [6.07, 6.45) is 2.80. The fraction of sp³-hybridized carbons (Fsp3) is 0.923. The van der Waals surface area contributed by atoms with Crippen molar-refractivity contribution in [1.82, 2.24) is 9.80 Å². The summed E-state index contributed by atoms with van der Waals surface area (Å²) in [4.78, 5) is 16.0. The van der Waals surface area contributed by atoms with Crippen LogP contribution in [0.4, 0.5) is 0 Å². The lowest BCUT2D eigenvalue weighted by atomic mass is 10.3. The van der Waals surface area contributed by atoms with Gasteiger partial charge in [0, 0.05) is 46.3 Å². The van der Waals surface area contributed by atoms with Gasteiger partial charge < -0.3 is 20.3 Å². The van der Waals surface area contributed by atoms with Crippen molar-refractivity contribution in [1.29, 1.82) is 0 Å². The molecule has 0 aromatic rings. The van der Waals surface area contributed by atoms with E-state index in [1.165, 1.54) is 0 Å². The summed E-state index contributed by atoms with van der Waals surface area (Å²) in [5, 5.41) is 0. The predicted molar refractivity (Wildman–Crippen MR) is 72.4 cm³/mol. The maximum atomic E-state index is 11.9. The molecule has 1 saturated heterocycles. The van der Waals surface area contributed by atoms with Gasteiger partial charge in [-0.2, -0.15) is 0 Å². The summed E-state index contributed by atoms with van der Waals surface area (Å²) in [5.74, 6) is 0.210. The fourth-order valence-corrected chi connectivity index (χ4v) is 2.18. The van der Waals surface area contributed by atoms with Crippen LogP contribution in [0.2, 0.25) is 0 Å². The Morgan fingerprint density at radius 2 is 2.33 bits per heavy atom. The summed E-state index contributed by atoms with van der Waals surface area (Å²) in [6.45, 7) is 7.12. The van der Waals surface area contributed by atoms with Gasteiger partial charge in [0.2, 0.25) is 5.91 Å². The monoisotopic (exact) mass is 257 g/mol. The first-order chi connectivity index (χ1) is 8.63. The average molecular weight is 257 g/mol. The van der Waals surface area contributed by atoms with Crippen LogP contribution in [0.1, 0.15) is 26.2 Å². The van der Waals surface area contributed by atoms with Gasteiger partial charge in [-0.25, -0.2) is 0 Å². The first-order valence-electron chi connectivity index (χ1n) is 6.91. The number of nitrogens with zero attached hydrogens (tertiary/aromatic N) is 2. The molecule has 106 valence electrons. The number of hydrogen-bond acceptors (Lipinski definition) is 4. The number of carbonyl (C=O) groups is 1. The van der Waals surface area contributed by atoms with E-state index >= 15 is 0 Å². The first-order valence-corrected chi connectivity index (χ1v) is 6.91. The van der Waals surface area contributed by atoms with E-state index in [9.17, 15) is 4.79 Å². The fourth-order valence-electron chi connectivity index (χ4n) is 2.18. The highest BCUT2D eigenvalue weighted by molar-refractivity contribution is 5.76. The number of hydrogen-bond donors (Lipinski definition) is 1. The van der Waals surface area contributed by atoms with Crippen molar-refractivity contribution in [2.24, 2.45) is 5.73 Å². The molecule has 5 heteroatoms. The molecule has 0 aliphatic carbocycles. The Kier molecular flexibility index (Phi) is 7.23. The van der Waals surface area contributed by atoms with Crippen LogP contribution in [0.15, 0.2) is 0 Å². The molecule has 0 bridgehead atoms. The van der Waals surface area contributed by atoms with Gasteiger partial charge in [-0.15, -0.1) is 0 Å². The first kappa shape index (κ1) is 15.4. The van der Waals surface area contributed by atoms with Crippen molar-refractivity contribution >= 4 is 5.91 Å². The zero-order chi connectivity index (χ0) is 13.4. The van der Waals surface area contributed by atoms with Crippen molar-refractivity contribution in [3.8, 4) is 0 Å². The molecule has 0 aromatic heterocycles. The molecule has 5 nitrogen and oxygen atoms in total. The SMILES string of the molecule is CC1CN(CCC(=O)N(C)CCCN)CCCO1. The Morgan fingerprint density at radius 3 is 3.06 bits per heavy atom. The highest BCUT2D eigenvalue weighted by Gasteiger charge is 2.16. The summed E-state index contributed by atoms with van der Waals surface area (Å²) < 4.78 is 5.59. The van der Waals surface area contributed by atoms with Crippen LogP contribution in [0.25, 0.3) is 0 Å². The Hall–Kier alpha value is -0.650. The molecule has 0 saturated carbocycles. The van der Waals surface area contributed by atoms with Crippen molar-refractivity contribution in [3.05, 3.63) is 0 Å². The largest absolute Gasteiger partial charge is 0.377 e. The summed E-state index contributed by atoms with van der Waals surface area (Å²) in [7, 11) is 1.85. The van der Waals surface area contributed by atoms with Crippen LogP contribution >= 0.6 is 0 Å². The van der Waals surface area contributed by atoms with Gasteiger partial charge in [0.05, 0.1) is 6.10 Å². The van der Waals surface area contributed by atoms with Crippen LogP contribution in [0.3, 0.4) is 0 Å². The molecular formula is C13H27N3O2. The van der Waals surface area contributed by atoms with Gasteiger partial charge in [-0.1, -0.05) is 0 Å². The van der Waals surface area contributed by atoms with E-state index in [1.54, 1.807) is 4.90 Å². The van der Waals surface area contributed by atoms with Crippen molar-refractivity contribution in [2.45, 2.75) is 32.3 Å². The van der Waals surface area contributed by atoms with E-state index in [0.29, 0.717) is 13.0 Å². The average Bonchev–Trinajstić information content (AvgIpc) is 2.57. The summed E-state index contributed by atoms with van der Waals surface area (Å²) >= 11 is 0. The van der Waals surface area contributed by atoms with E-state index in [1.807, 2.05) is 7.05 Å². The van der Waals surface area contributed by atoms with Gasteiger partial charge >= 0.3 is 0 Å². The van der Waals surface area contributed by atoms with Crippen LogP contribution in [0.5, 0.6) is 0 Å². The molecule has 1 heterocycles. The van der Waals surface area contributed by atoms with Crippen LogP contribution in [0, 0.1) is 0 Å². The maximum Gasteiger partial charge on any atom is 0.223 e. The van der Waals surface area contributed by atoms with Gasteiger partial charge in [-0.05, 0) is 26.3 Å². The highest BCUT2D eigenvalue weighted by atomic mass is 16.5. The van der Waals surface area contributed by atoms with Crippen LogP contribution < -0.4 is 5.73 Å². The van der Waals surface area contributed by atoms with E-state index in [-0.39, 0.29) is 12.0 Å². The second kappa shape index (κ2) is 8.45. The molecule has 1 atom stereocenters. The molecule has 1 amide bonds. The second-order valence-corrected chi connectivity index (χ2v) is 5.04. The number of nitrogens with two attached hydrogens (primary N) is 1.